The van der Waals surface area contributed by atoms with Gasteiger partial charge in [-0.05, 0) is 30.7 Å². The standard InChI is InChI=1S/C35H59N2/c1-3-5-7-9-11-12-13-14-15-16-17-19-24-28-34(35-36-29-30-37-35)33(27-23-18-10-8-6-4-2)31-32-25-21-20-22-26-32/h20-22,25-26,29-30,33-34H,3-19,23-24,27-28,31H2,1-2H3/q+1. The van der Waals surface area contributed by atoms with Gasteiger partial charge in [0.1, 0.15) is 0 Å². The first kappa shape index (κ1) is 31.6. The normalized spacial score (nSPS) is 14.5. The van der Waals surface area contributed by atoms with Crippen LogP contribution in [0.4, 0.5) is 0 Å². The molecule has 0 bridgehead atoms. The van der Waals surface area contributed by atoms with Gasteiger partial charge in [0, 0.05) is 0 Å². The highest BCUT2D eigenvalue weighted by Gasteiger charge is 2.35. The van der Waals surface area contributed by atoms with Crippen LogP contribution in [0.5, 0.6) is 0 Å². The molecule has 0 aliphatic carbocycles. The summed E-state index contributed by atoms with van der Waals surface area (Å²) in [6, 6.07) is 11.1. The third-order valence-corrected chi connectivity index (χ3v) is 8.27. The van der Waals surface area contributed by atoms with E-state index < -0.39 is 0 Å². The molecule has 0 radical (unpaired) electrons. The molecule has 1 aliphatic heterocycles. The van der Waals surface area contributed by atoms with E-state index in [4.69, 9.17) is 9.98 Å². The number of aliphatic imine (C=N–C) groups is 2. The Balaban J connectivity index is 1.73. The van der Waals surface area contributed by atoms with Gasteiger partial charge in [-0.25, -0.2) is 0 Å². The second-order valence-corrected chi connectivity index (χ2v) is 11.6. The molecular formula is C35H59N2+. The van der Waals surface area contributed by atoms with Gasteiger partial charge in [0.2, 0.25) is 6.17 Å². The molecule has 1 heterocycles. The van der Waals surface area contributed by atoms with E-state index in [0.717, 1.165) is 12.6 Å². The monoisotopic (exact) mass is 507 g/mol. The average molecular weight is 508 g/mol. The van der Waals surface area contributed by atoms with Gasteiger partial charge >= 0.3 is 0 Å². The maximum Gasteiger partial charge on any atom is 0.244 e. The van der Waals surface area contributed by atoms with E-state index in [0.29, 0.717) is 11.8 Å². The first-order chi connectivity index (χ1) is 18.3. The van der Waals surface area contributed by atoms with E-state index in [1.54, 1.807) is 0 Å². The van der Waals surface area contributed by atoms with Crippen LogP contribution in [0.15, 0.2) is 40.3 Å². The number of benzene rings is 1. The van der Waals surface area contributed by atoms with Crippen molar-refractivity contribution in [3.63, 3.8) is 0 Å². The zero-order chi connectivity index (χ0) is 26.2. The van der Waals surface area contributed by atoms with Gasteiger partial charge in [-0.1, -0.05) is 176 Å². The highest BCUT2D eigenvalue weighted by Crippen LogP contribution is 2.37. The molecule has 0 saturated heterocycles. The number of unbranched alkanes of at least 4 members (excludes halogenated alkanes) is 17. The predicted molar refractivity (Wildman–Crippen MR) is 166 cm³/mol. The van der Waals surface area contributed by atoms with E-state index in [-0.39, 0.29) is 0 Å². The molecule has 2 rings (SSSR count). The van der Waals surface area contributed by atoms with Crippen molar-refractivity contribution in [2.75, 3.05) is 0 Å². The Labute approximate surface area is 231 Å². The molecule has 0 spiro atoms. The number of hydrogen-bond donors (Lipinski definition) is 0. The van der Waals surface area contributed by atoms with Crippen LogP contribution in [0.2, 0.25) is 0 Å². The van der Waals surface area contributed by atoms with Crippen LogP contribution in [0.1, 0.15) is 154 Å². The summed E-state index contributed by atoms with van der Waals surface area (Å²) < 4.78 is 0. The summed E-state index contributed by atoms with van der Waals surface area (Å²) in [6.07, 6.45) is 35.2. The predicted octanol–water partition coefficient (Wildman–Crippen LogP) is 11.3. The van der Waals surface area contributed by atoms with E-state index in [2.05, 4.69) is 44.2 Å². The summed E-state index contributed by atoms with van der Waals surface area (Å²) in [5.41, 5.74) is 1.47. The Hall–Kier alpha value is -1.57. The topological polar surface area (TPSA) is 24.7 Å². The minimum absolute atomic E-state index is 0.499. The third-order valence-electron chi connectivity index (χ3n) is 8.27. The van der Waals surface area contributed by atoms with Gasteiger partial charge in [0.05, 0.1) is 5.92 Å². The molecule has 2 nitrogen and oxygen atoms in total. The summed E-state index contributed by atoms with van der Waals surface area (Å²) in [6.45, 7) is 4.60. The van der Waals surface area contributed by atoms with Crippen molar-refractivity contribution in [3.05, 3.63) is 42.1 Å². The van der Waals surface area contributed by atoms with Gasteiger partial charge < -0.3 is 0 Å². The Morgan fingerprint density at radius 2 is 0.973 bits per heavy atom. The first-order valence-corrected chi connectivity index (χ1v) is 16.3. The van der Waals surface area contributed by atoms with Crippen molar-refractivity contribution in [3.8, 4) is 0 Å². The Morgan fingerprint density at radius 1 is 0.541 bits per heavy atom. The zero-order valence-electron chi connectivity index (χ0n) is 24.6. The van der Waals surface area contributed by atoms with Gasteiger partial charge in [-0.3, -0.25) is 0 Å². The van der Waals surface area contributed by atoms with Crippen LogP contribution >= 0.6 is 0 Å². The maximum atomic E-state index is 4.72. The molecular weight excluding hydrogens is 448 g/mol. The molecule has 1 aliphatic rings. The lowest BCUT2D eigenvalue weighted by Crippen LogP contribution is -2.22. The van der Waals surface area contributed by atoms with Gasteiger partial charge in [-0.15, -0.1) is 0 Å². The van der Waals surface area contributed by atoms with Crippen LogP contribution < -0.4 is 0 Å². The quantitative estimate of drug-likeness (QED) is 0.0928. The lowest BCUT2D eigenvalue weighted by Gasteiger charge is -2.26. The number of hydrogen-bond acceptors (Lipinski definition) is 2. The summed E-state index contributed by atoms with van der Waals surface area (Å²) in [7, 11) is 0. The second-order valence-electron chi connectivity index (χ2n) is 11.6. The molecule has 208 valence electrons. The molecule has 1 aromatic carbocycles. The zero-order valence-corrected chi connectivity index (χ0v) is 24.6. The smallest absolute Gasteiger partial charge is 0.0965 e. The Kier molecular flexibility index (Phi) is 19.2. The summed E-state index contributed by atoms with van der Waals surface area (Å²) in [5, 5.41) is 0. The summed E-state index contributed by atoms with van der Waals surface area (Å²) in [4.78, 5) is 9.43. The number of nitrogens with zero attached hydrogens (tertiary/aromatic N) is 2. The van der Waals surface area contributed by atoms with E-state index in [9.17, 15) is 0 Å². The van der Waals surface area contributed by atoms with Gasteiger partial charge in [0.15, 0.2) is 12.4 Å². The Morgan fingerprint density at radius 3 is 1.46 bits per heavy atom. The summed E-state index contributed by atoms with van der Waals surface area (Å²) >= 11 is 0. The first-order valence-electron chi connectivity index (χ1n) is 16.3. The summed E-state index contributed by atoms with van der Waals surface area (Å²) in [5.74, 6) is 1.15. The van der Waals surface area contributed by atoms with E-state index >= 15 is 0 Å². The largest absolute Gasteiger partial charge is 0.244 e. The van der Waals surface area contributed by atoms with Crippen molar-refractivity contribution in [2.24, 2.45) is 21.8 Å². The molecule has 0 saturated carbocycles. The molecule has 1 aromatic rings. The number of rotatable bonds is 25. The van der Waals surface area contributed by atoms with Crippen LogP contribution in [0.25, 0.3) is 0 Å². The van der Waals surface area contributed by atoms with E-state index in [1.165, 1.54) is 140 Å². The lowest BCUT2D eigenvalue weighted by atomic mass is 9.78. The maximum absolute atomic E-state index is 4.72. The van der Waals surface area contributed by atoms with Crippen LogP contribution in [0.3, 0.4) is 0 Å². The molecule has 0 N–H and O–H groups in total. The SMILES string of the molecule is CCCCCCCCCCCCCCCC([C+]1N=CC=N1)C(CCCCCCCC)Cc1ccccc1. The lowest BCUT2D eigenvalue weighted by molar-refractivity contribution is 0.284. The van der Waals surface area contributed by atoms with Crippen molar-refractivity contribution in [2.45, 2.75) is 155 Å². The molecule has 2 atom stereocenters. The molecule has 0 aromatic heterocycles. The van der Waals surface area contributed by atoms with E-state index in [1.807, 2.05) is 12.4 Å². The fraction of sp³-hybridized carbons (Fsp3) is 0.743. The fourth-order valence-corrected chi connectivity index (χ4v) is 5.95. The van der Waals surface area contributed by atoms with Crippen molar-refractivity contribution in [1.82, 2.24) is 0 Å². The third kappa shape index (κ3) is 15.4. The minimum atomic E-state index is 0.499. The highest BCUT2D eigenvalue weighted by molar-refractivity contribution is 6.18. The minimum Gasteiger partial charge on any atom is -0.0965 e. The van der Waals surface area contributed by atoms with Crippen LogP contribution in [-0.4, -0.2) is 12.4 Å². The average Bonchev–Trinajstić information content (AvgIpc) is 3.46. The van der Waals surface area contributed by atoms with Crippen molar-refractivity contribution < 1.29 is 0 Å². The molecule has 2 heteroatoms. The van der Waals surface area contributed by atoms with Crippen LogP contribution in [-0.2, 0) is 6.42 Å². The van der Waals surface area contributed by atoms with Crippen molar-refractivity contribution in [1.29, 1.82) is 0 Å². The van der Waals surface area contributed by atoms with Crippen molar-refractivity contribution >= 4 is 12.4 Å². The molecule has 2 unspecified atom stereocenters. The molecule has 37 heavy (non-hydrogen) atoms. The second kappa shape index (κ2) is 22.4. The highest BCUT2D eigenvalue weighted by atomic mass is 15.0. The van der Waals surface area contributed by atoms with Gasteiger partial charge in [0.25, 0.3) is 0 Å². The van der Waals surface area contributed by atoms with Gasteiger partial charge in [-0.2, -0.15) is 0 Å². The Bertz CT molecular complexity index is 668. The van der Waals surface area contributed by atoms with Crippen LogP contribution in [0, 0.1) is 18.0 Å². The molecule has 0 fully saturated rings. The molecule has 0 amide bonds. The fourth-order valence-electron chi connectivity index (χ4n) is 5.95.